The number of pyridine rings is 1. The van der Waals surface area contributed by atoms with Crippen molar-refractivity contribution in [2.45, 2.75) is 18.4 Å². The average Bonchev–Trinajstić information content (AvgIpc) is 2.85. The number of nitro groups is 1. The van der Waals surface area contributed by atoms with E-state index in [1.165, 1.54) is 18.3 Å². The van der Waals surface area contributed by atoms with Crippen LogP contribution in [-0.4, -0.2) is 15.0 Å². The van der Waals surface area contributed by atoms with Crippen LogP contribution >= 0.6 is 0 Å². The molecule has 0 spiro atoms. The molecule has 0 amide bonds. The van der Waals surface area contributed by atoms with E-state index in [9.17, 15) is 15.2 Å². The Bertz CT molecular complexity index is 343. The fourth-order valence-corrected chi connectivity index (χ4v) is 1.14. The molecular weight excluding hydrogens is 172 g/mol. The minimum Gasteiger partial charge on any atom is -0.384 e. The van der Waals surface area contributed by atoms with Crippen molar-refractivity contribution in [3.05, 3.63) is 34.1 Å². The maximum absolute atomic E-state index is 10.3. The van der Waals surface area contributed by atoms with Crippen molar-refractivity contribution in [3.63, 3.8) is 0 Å². The highest BCUT2D eigenvalue weighted by atomic mass is 16.6. The zero-order valence-corrected chi connectivity index (χ0v) is 6.80. The molecule has 2 rings (SSSR count). The monoisotopic (exact) mass is 180 g/mol. The van der Waals surface area contributed by atoms with E-state index in [1.807, 2.05) is 0 Å². The summed E-state index contributed by atoms with van der Waals surface area (Å²) in [6.07, 6.45) is 2.56. The maximum atomic E-state index is 10.3. The van der Waals surface area contributed by atoms with Gasteiger partial charge < -0.3 is 5.11 Å². The van der Waals surface area contributed by atoms with Gasteiger partial charge in [-0.25, -0.2) is 0 Å². The van der Waals surface area contributed by atoms with Crippen molar-refractivity contribution in [1.82, 2.24) is 4.98 Å². The zero-order chi connectivity index (χ0) is 9.47. The van der Waals surface area contributed by atoms with Crippen LogP contribution in [0.15, 0.2) is 18.3 Å². The second-order valence-electron chi connectivity index (χ2n) is 3.19. The minimum atomic E-state index is -0.810. The molecule has 1 aromatic heterocycles. The van der Waals surface area contributed by atoms with Crippen LogP contribution in [0.4, 0.5) is 5.69 Å². The van der Waals surface area contributed by atoms with Gasteiger partial charge in [0.1, 0.15) is 11.8 Å². The van der Waals surface area contributed by atoms with E-state index in [1.54, 1.807) is 0 Å². The first-order valence-corrected chi connectivity index (χ1v) is 3.95. The third kappa shape index (κ3) is 1.38. The lowest BCUT2D eigenvalue weighted by atomic mass is 10.2. The van der Waals surface area contributed by atoms with E-state index >= 15 is 0 Å². The normalized spacial score (nSPS) is 18.2. The SMILES string of the molecule is O=[N+]([O-])c1ccc(C2(O)CC2)nc1. The van der Waals surface area contributed by atoms with Gasteiger partial charge in [0.05, 0.1) is 10.6 Å². The van der Waals surface area contributed by atoms with Gasteiger partial charge in [0.2, 0.25) is 0 Å². The summed E-state index contributed by atoms with van der Waals surface area (Å²) in [6, 6.07) is 2.86. The van der Waals surface area contributed by atoms with Gasteiger partial charge in [-0.1, -0.05) is 0 Å². The lowest BCUT2D eigenvalue weighted by molar-refractivity contribution is -0.385. The summed E-state index contributed by atoms with van der Waals surface area (Å²) in [4.78, 5) is 13.6. The number of aromatic nitrogens is 1. The Kier molecular flexibility index (Phi) is 1.56. The van der Waals surface area contributed by atoms with Crippen molar-refractivity contribution in [2.24, 2.45) is 0 Å². The van der Waals surface area contributed by atoms with Crippen molar-refractivity contribution in [1.29, 1.82) is 0 Å². The number of nitrogens with zero attached hydrogens (tertiary/aromatic N) is 2. The molecule has 13 heavy (non-hydrogen) atoms. The highest BCUT2D eigenvalue weighted by molar-refractivity contribution is 5.30. The summed E-state index contributed by atoms with van der Waals surface area (Å²) in [5, 5.41) is 19.9. The van der Waals surface area contributed by atoms with Crippen LogP contribution in [0.1, 0.15) is 18.5 Å². The maximum Gasteiger partial charge on any atom is 0.287 e. The molecule has 1 aliphatic carbocycles. The van der Waals surface area contributed by atoms with Crippen LogP contribution in [0.3, 0.4) is 0 Å². The third-order valence-electron chi connectivity index (χ3n) is 2.16. The molecule has 0 bridgehead atoms. The molecule has 68 valence electrons. The van der Waals surface area contributed by atoms with Crippen molar-refractivity contribution in [2.75, 3.05) is 0 Å². The van der Waals surface area contributed by atoms with Gasteiger partial charge in [0, 0.05) is 6.07 Å². The van der Waals surface area contributed by atoms with Gasteiger partial charge in [0.25, 0.3) is 5.69 Å². The molecule has 0 radical (unpaired) electrons. The lowest BCUT2D eigenvalue weighted by Gasteiger charge is -2.04. The van der Waals surface area contributed by atoms with E-state index in [0.29, 0.717) is 18.5 Å². The molecule has 5 heteroatoms. The second-order valence-corrected chi connectivity index (χ2v) is 3.19. The summed E-state index contributed by atoms with van der Waals surface area (Å²) in [7, 11) is 0. The van der Waals surface area contributed by atoms with E-state index in [4.69, 9.17) is 0 Å². The van der Waals surface area contributed by atoms with E-state index in [-0.39, 0.29) is 5.69 Å². The fraction of sp³-hybridized carbons (Fsp3) is 0.375. The van der Waals surface area contributed by atoms with Gasteiger partial charge in [0.15, 0.2) is 0 Å². The standard InChI is InChI=1S/C8H8N2O3/c11-8(3-4-8)7-2-1-6(5-9-7)10(12)13/h1-2,5,11H,3-4H2. The minimum absolute atomic E-state index is 0.0481. The molecular formula is C8H8N2O3. The summed E-state index contributed by atoms with van der Waals surface area (Å²) in [5.74, 6) is 0. The molecule has 1 aliphatic rings. The first-order chi connectivity index (χ1) is 6.12. The molecule has 1 fully saturated rings. The van der Waals surface area contributed by atoms with E-state index < -0.39 is 10.5 Å². The highest BCUT2D eigenvalue weighted by Crippen LogP contribution is 2.44. The Morgan fingerprint density at radius 3 is 2.62 bits per heavy atom. The summed E-state index contributed by atoms with van der Waals surface area (Å²) in [6.45, 7) is 0. The fourth-order valence-electron chi connectivity index (χ4n) is 1.14. The first-order valence-electron chi connectivity index (χ1n) is 3.95. The van der Waals surface area contributed by atoms with Gasteiger partial charge >= 0.3 is 0 Å². The molecule has 5 nitrogen and oxygen atoms in total. The number of hydrogen-bond donors (Lipinski definition) is 1. The first kappa shape index (κ1) is 8.12. The zero-order valence-electron chi connectivity index (χ0n) is 6.80. The number of aliphatic hydroxyl groups is 1. The van der Waals surface area contributed by atoms with E-state index in [2.05, 4.69) is 4.98 Å². The largest absolute Gasteiger partial charge is 0.384 e. The number of rotatable bonds is 2. The Labute approximate surface area is 74.2 Å². The van der Waals surface area contributed by atoms with Crippen LogP contribution in [0, 0.1) is 10.1 Å². The molecule has 1 N–H and O–H groups in total. The van der Waals surface area contributed by atoms with Crippen LogP contribution < -0.4 is 0 Å². The topological polar surface area (TPSA) is 76.3 Å². The van der Waals surface area contributed by atoms with Gasteiger partial charge in [-0.2, -0.15) is 0 Å². The molecule has 0 aromatic carbocycles. The Morgan fingerprint density at radius 2 is 2.23 bits per heavy atom. The van der Waals surface area contributed by atoms with Crippen molar-refractivity contribution in [3.8, 4) is 0 Å². The summed E-state index contributed by atoms with van der Waals surface area (Å²) < 4.78 is 0. The smallest absolute Gasteiger partial charge is 0.287 e. The van der Waals surface area contributed by atoms with Gasteiger partial charge in [-0.3, -0.25) is 15.1 Å². The Balaban J connectivity index is 2.28. The molecule has 1 aromatic rings. The Morgan fingerprint density at radius 1 is 1.54 bits per heavy atom. The molecule has 1 heterocycles. The highest BCUT2D eigenvalue weighted by Gasteiger charge is 2.43. The van der Waals surface area contributed by atoms with Crippen LogP contribution in [0.2, 0.25) is 0 Å². The quantitative estimate of drug-likeness (QED) is 0.543. The molecule has 0 saturated heterocycles. The van der Waals surface area contributed by atoms with Crippen LogP contribution in [0.5, 0.6) is 0 Å². The van der Waals surface area contributed by atoms with Crippen LogP contribution in [-0.2, 0) is 5.60 Å². The summed E-state index contributed by atoms with van der Waals surface area (Å²) >= 11 is 0. The van der Waals surface area contributed by atoms with Crippen molar-refractivity contribution >= 4 is 5.69 Å². The molecule has 0 atom stereocenters. The predicted octanol–water partition coefficient (Wildman–Crippen LogP) is 0.971. The Hall–Kier alpha value is -1.49. The van der Waals surface area contributed by atoms with E-state index in [0.717, 1.165) is 0 Å². The lowest BCUT2D eigenvalue weighted by Crippen LogP contribution is -2.06. The second kappa shape index (κ2) is 2.50. The third-order valence-corrected chi connectivity index (χ3v) is 2.16. The summed E-state index contributed by atoms with van der Waals surface area (Å²) in [5.41, 5.74) is -0.333. The van der Waals surface area contributed by atoms with Gasteiger partial charge in [-0.05, 0) is 18.9 Å². The van der Waals surface area contributed by atoms with Crippen molar-refractivity contribution < 1.29 is 10.0 Å². The average molecular weight is 180 g/mol. The molecule has 1 saturated carbocycles. The number of hydrogen-bond acceptors (Lipinski definition) is 4. The molecule has 0 unspecified atom stereocenters. The van der Waals surface area contributed by atoms with Crippen LogP contribution in [0.25, 0.3) is 0 Å². The van der Waals surface area contributed by atoms with Gasteiger partial charge in [-0.15, -0.1) is 0 Å². The molecule has 0 aliphatic heterocycles. The predicted molar refractivity (Wildman–Crippen MR) is 44.0 cm³/mol.